The van der Waals surface area contributed by atoms with Crippen LogP contribution >= 0.6 is 0 Å². The topological polar surface area (TPSA) is 130 Å². The molecule has 11 heteroatoms. The van der Waals surface area contributed by atoms with Crippen molar-refractivity contribution >= 4 is 34.5 Å². The highest BCUT2D eigenvalue weighted by Gasteiger charge is 2.42. The molecule has 3 aromatic rings. The minimum atomic E-state index is -0.464. The third-order valence-electron chi connectivity index (χ3n) is 7.06. The summed E-state index contributed by atoms with van der Waals surface area (Å²) in [7, 11) is 0. The average Bonchev–Trinajstić information content (AvgIpc) is 3.30. The Balaban J connectivity index is 1.10. The first-order valence-electron chi connectivity index (χ1n) is 12.2. The van der Waals surface area contributed by atoms with Gasteiger partial charge in [0.1, 0.15) is 11.9 Å². The van der Waals surface area contributed by atoms with Crippen LogP contribution < -0.4 is 20.5 Å². The van der Waals surface area contributed by atoms with Gasteiger partial charge in [0.05, 0.1) is 17.1 Å². The van der Waals surface area contributed by atoms with Crippen molar-refractivity contribution in [2.24, 2.45) is 5.92 Å². The molecule has 2 amide bonds. The molecule has 6 rings (SSSR count). The maximum absolute atomic E-state index is 12.8. The molecule has 2 fully saturated rings. The Labute approximate surface area is 211 Å². The lowest BCUT2D eigenvalue weighted by atomic mass is 10.0. The van der Waals surface area contributed by atoms with E-state index < -0.39 is 6.09 Å². The van der Waals surface area contributed by atoms with Crippen LogP contribution in [-0.4, -0.2) is 65.3 Å². The van der Waals surface area contributed by atoms with Crippen LogP contribution in [-0.2, 0) is 16.1 Å². The number of pyridine rings is 2. The number of aromatic nitrogens is 2. The van der Waals surface area contributed by atoms with E-state index in [-0.39, 0.29) is 30.1 Å². The molecule has 0 radical (unpaired) electrons. The van der Waals surface area contributed by atoms with E-state index in [1.807, 2.05) is 6.07 Å². The molecule has 11 nitrogen and oxygen atoms in total. The second-order valence-corrected chi connectivity index (χ2v) is 9.47. The molecule has 0 bridgehead atoms. The van der Waals surface area contributed by atoms with Gasteiger partial charge in [0, 0.05) is 44.7 Å². The number of hydrogen-bond donors (Lipinski definition) is 1. The molecule has 1 aromatic carbocycles. The Bertz CT molecular complexity index is 1510. The van der Waals surface area contributed by atoms with Crippen LogP contribution in [0.4, 0.5) is 16.4 Å². The number of nitriles is 1. The predicted octanol–water partition coefficient (Wildman–Crippen LogP) is 1.95. The first kappa shape index (κ1) is 23.0. The number of likely N-dealkylation sites (tertiary alicyclic amines) is 1. The summed E-state index contributed by atoms with van der Waals surface area (Å²) in [6.07, 6.45) is 0.0657. The van der Waals surface area contributed by atoms with Gasteiger partial charge in [-0.25, -0.2) is 9.78 Å². The van der Waals surface area contributed by atoms with Gasteiger partial charge in [-0.1, -0.05) is 6.07 Å². The Hall–Kier alpha value is -4.43. The number of hydrogen-bond acceptors (Lipinski definition) is 8. The van der Waals surface area contributed by atoms with Crippen LogP contribution in [0.15, 0.2) is 47.3 Å². The number of rotatable bonds is 5. The Morgan fingerprint density at radius 2 is 1.92 bits per heavy atom. The lowest BCUT2D eigenvalue weighted by Gasteiger charge is -2.33. The summed E-state index contributed by atoms with van der Waals surface area (Å²) in [5.41, 5.74) is 1.18. The van der Waals surface area contributed by atoms with Crippen molar-refractivity contribution in [1.82, 2.24) is 14.5 Å². The normalized spacial score (nSPS) is 21.0. The minimum Gasteiger partial charge on any atom is -0.480 e. The van der Waals surface area contributed by atoms with Crippen molar-refractivity contribution in [3.05, 3.63) is 58.4 Å². The van der Waals surface area contributed by atoms with Gasteiger partial charge in [-0.15, -0.1) is 0 Å². The van der Waals surface area contributed by atoms with Gasteiger partial charge >= 0.3 is 6.09 Å². The van der Waals surface area contributed by atoms with E-state index in [2.05, 4.69) is 21.3 Å². The summed E-state index contributed by atoms with van der Waals surface area (Å²) in [6, 6.07) is 14.2. The van der Waals surface area contributed by atoms with Crippen LogP contribution in [0.1, 0.15) is 12.0 Å². The van der Waals surface area contributed by atoms with Gasteiger partial charge in [0.25, 0.3) is 11.5 Å². The second-order valence-electron chi connectivity index (χ2n) is 9.47. The molecule has 5 heterocycles. The van der Waals surface area contributed by atoms with Gasteiger partial charge < -0.3 is 19.4 Å². The molecule has 37 heavy (non-hydrogen) atoms. The molecule has 2 atom stereocenters. The van der Waals surface area contributed by atoms with E-state index >= 15 is 0 Å². The van der Waals surface area contributed by atoms with Gasteiger partial charge in [-0.3, -0.25) is 19.4 Å². The van der Waals surface area contributed by atoms with Crippen LogP contribution in [0.25, 0.3) is 10.9 Å². The molecule has 2 aromatic heterocycles. The van der Waals surface area contributed by atoms with Crippen molar-refractivity contribution in [3.8, 4) is 11.8 Å². The maximum atomic E-state index is 12.8. The lowest BCUT2D eigenvalue weighted by Crippen LogP contribution is -2.48. The molecule has 188 valence electrons. The number of amides is 2. The van der Waals surface area contributed by atoms with E-state index in [9.17, 15) is 19.6 Å². The second kappa shape index (κ2) is 9.22. The predicted molar refractivity (Wildman–Crippen MR) is 133 cm³/mol. The van der Waals surface area contributed by atoms with Gasteiger partial charge in [0.15, 0.2) is 18.2 Å². The van der Waals surface area contributed by atoms with Crippen LogP contribution in [0, 0.1) is 17.2 Å². The third-order valence-corrected chi connectivity index (χ3v) is 7.06. The van der Waals surface area contributed by atoms with Crippen molar-refractivity contribution in [2.75, 3.05) is 43.0 Å². The molecule has 1 unspecified atom stereocenters. The molecular formula is C26H24N6O5. The Morgan fingerprint density at radius 3 is 2.78 bits per heavy atom. The fraction of sp³-hybridized carbons (Fsp3) is 0.346. The molecular weight excluding hydrogens is 476 g/mol. The zero-order chi connectivity index (χ0) is 25.5. The number of benzene rings is 1. The minimum absolute atomic E-state index is 0.0601. The number of nitrogens with one attached hydrogen (secondary N) is 1. The molecule has 1 N–H and O–H groups in total. The summed E-state index contributed by atoms with van der Waals surface area (Å²) in [4.78, 5) is 45.1. The van der Waals surface area contributed by atoms with E-state index in [1.165, 1.54) is 4.90 Å². The van der Waals surface area contributed by atoms with Crippen molar-refractivity contribution < 1.29 is 19.1 Å². The Morgan fingerprint density at radius 1 is 1.05 bits per heavy atom. The number of aryl methyl sites for hydroxylation is 1. The quantitative estimate of drug-likeness (QED) is 0.563. The summed E-state index contributed by atoms with van der Waals surface area (Å²) < 4.78 is 12.8. The molecule has 2 saturated heterocycles. The standard InChI is InChI=1S/C26H24N6O5/c27-11-16-2-3-17-4-7-24(34)31(19(17)10-16)9-1-8-30-12-18-13-32(26(35)37-21(18)14-30)22-6-5-20-25(28-22)29-23(33)15-36-20/h2-7,10,18,21H,1,8-9,12-15H2,(H,28,29,33)/t18?,21-/m1/s1. The summed E-state index contributed by atoms with van der Waals surface area (Å²) in [5, 5.41) is 12.8. The first-order chi connectivity index (χ1) is 18.0. The number of anilines is 2. The zero-order valence-corrected chi connectivity index (χ0v) is 19.9. The number of nitrogens with zero attached hydrogens (tertiary/aromatic N) is 5. The number of carbonyl (C=O) groups excluding carboxylic acids is 2. The Kier molecular flexibility index (Phi) is 5.73. The lowest BCUT2D eigenvalue weighted by molar-refractivity contribution is -0.118. The molecule has 0 aliphatic carbocycles. The summed E-state index contributed by atoms with van der Waals surface area (Å²) in [5.74, 6) is 0.981. The largest absolute Gasteiger partial charge is 0.480 e. The number of ether oxygens (including phenoxy) is 2. The number of carbonyl (C=O) groups is 2. The summed E-state index contributed by atoms with van der Waals surface area (Å²) >= 11 is 0. The zero-order valence-electron chi connectivity index (χ0n) is 19.9. The highest BCUT2D eigenvalue weighted by Crippen LogP contribution is 2.32. The fourth-order valence-electron chi connectivity index (χ4n) is 5.25. The van der Waals surface area contributed by atoms with Crippen LogP contribution in [0.5, 0.6) is 5.75 Å². The van der Waals surface area contributed by atoms with Crippen molar-refractivity contribution in [3.63, 3.8) is 0 Å². The third kappa shape index (κ3) is 4.36. The monoisotopic (exact) mass is 500 g/mol. The van der Waals surface area contributed by atoms with Crippen molar-refractivity contribution in [1.29, 1.82) is 5.26 Å². The fourth-order valence-corrected chi connectivity index (χ4v) is 5.25. The van der Waals surface area contributed by atoms with E-state index in [0.717, 1.165) is 30.4 Å². The smallest absolute Gasteiger partial charge is 0.415 e. The summed E-state index contributed by atoms with van der Waals surface area (Å²) in [6.45, 7) is 3.05. The molecule has 3 aliphatic heterocycles. The SMILES string of the molecule is N#Cc1ccc2ccc(=O)n(CCCN3CC4CN(c5ccc6c(n5)NC(=O)CO6)C(=O)O[C@@H]4C3)c2c1. The number of fused-ring (bicyclic) bond motifs is 3. The molecule has 0 saturated carbocycles. The van der Waals surface area contributed by atoms with E-state index in [0.29, 0.717) is 42.6 Å². The molecule has 0 spiro atoms. The van der Waals surface area contributed by atoms with Crippen molar-refractivity contribution in [2.45, 2.75) is 19.1 Å². The van der Waals surface area contributed by atoms with E-state index in [4.69, 9.17) is 9.47 Å². The van der Waals surface area contributed by atoms with Crippen LogP contribution in [0.3, 0.4) is 0 Å². The van der Waals surface area contributed by atoms with Gasteiger partial charge in [-0.2, -0.15) is 5.26 Å². The maximum Gasteiger partial charge on any atom is 0.415 e. The van der Waals surface area contributed by atoms with Crippen LogP contribution in [0.2, 0.25) is 0 Å². The highest BCUT2D eigenvalue weighted by atomic mass is 16.6. The highest BCUT2D eigenvalue weighted by molar-refractivity contribution is 5.95. The van der Waals surface area contributed by atoms with Gasteiger partial charge in [0.2, 0.25) is 0 Å². The molecule has 3 aliphatic rings. The average molecular weight is 501 g/mol. The van der Waals surface area contributed by atoms with E-state index in [1.54, 1.807) is 41.0 Å². The van der Waals surface area contributed by atoms with Gasteiger partial charge in [-0.05, 0) is 42.1 Å². The first-order valence-corrected chi connectivity index (χ1v) is 12.2.